The summed E-state index contributed by atoms with van der Waals surface area (Å²) in [6.07, 6.45) is 20.0. The molecule has 0 bridgehead atoms. The van der Waals surface area contributed by atoms with E-state index in [-0.39, 0.29) is 11.0 Å². The van der Waals surface area contributed by atoms with E-state index in [1.807, 2.05) is 0 Å². The Kier molecular flexibility index (Phi) is 4.35. The molecular weight excluding hydrogens is 446 g/mol. The maximum absolute atomic E-state index is 2.73. The fourth-order valence-corrected chi connectivity index (χ4v) is 8.59. The Morgan fingerprint density at radius 1 is 0.811 bits per heavy atom. The lowest BCUT2D eigenvalue weighted by Gasteiger charge is -2.54. The minimum Gasteiger partial charge on any atom is -0.334 e. The van der Waals surface area contributed by atoms with Crippen LogP contribution in [0.3, 0.4) is 0 Å². The van der Waals surface area contributed by atoms with Crippen LogP contribution in [0, 0.1) is 5.92 Å². The zero-order chi connectivity index (χ0) is 24.8. The first kappa shape index (κ1) is 21.5. The number of para-hydroxylation sites is 1. The second kappa shape index (κ2) is 7.48. The molecule has 1 aliphatic heterocycles. The van der Waals surface area contributed by atoms with Crippen LogP contribution in [0.5, 0.6) is 0 Å². The molecule has 1 nitrogen and oxygen atoms in total. The Labute approximate surface area is 220 Å². The Balaban J connectivity index is 1.49. The van der Waals surface area contributed by atoms with Crippen LogP contribution in [0.4, 0.5) is 11.4 Å². The average molecular weight is 480 g/mol. The zero-order valence-corrected chi connectivity index (χ0v) is 21.7. The quantitative estimate of drug-likeness (QED) is 0.332. The van der Waals surface area contributed by atoms with Crippen molar-refractivity contribution < 1.29 is 0 Å². The van der Waals surface area contributed by atoms with Gasteiger partial charge in [0.15, 0.2) is 0 Å². The van der Waals surface area contributed by atoms with E-state index in [2.05, 4.69) is 128 Å². The summed E-state index contributed by atoms with van der Waals surface area (Å²) in [5.74, 6) is 1.23. The molecule has 0 spiro atoms. The van der Waals surface area contributed by atoms with Gasteiger partial charge in [0.1, 0.15) is 0 Å². The third-order valence-electron chi connectivity index (χ3n) is 10.4. The molecule has 5 aliphatic rings. The van der Waals surface area contributed by atoms with Crippen LogP contribution >= 0.6 is 0 Å². The van der Waals surface area contributed by atoms with E-state index in [1.54, 1.807) is 16.7 Å². The monoisotopic (exact) mass is 479 g/mol. The molecule has 1 heteroatoms. The number of hydrogen-bond acceptors (Lipinski definition) is 1. The molecule has 8 rings (SSSR count). The molecular formula is C36H33N. The normalized spacial score (nSPS) is 32.0. The maximum atomic E-state index is 2.73. The number of benzene rings is 3. The molecule has 5 unspecified atom stereocenters. The summed E-state index contributed by atoms with van der Waals surface area (Å²) >= 11 is 0. The topological polar surface area (TPSA) is 3.24 Å². The molecule has 0 radical (unpaired) electrons. The van der Waals surface area contributed by atoms with E-state index >= 15 is 0 Å². The Morgan fingerprint density at radius 3 is 2.43 bits per heavy atom. The summed E-state index contributed by atoms with van der Waals surface area (Å²) in [5, 5.41) is 0. The minimum atomic E-state index is -0.0846. The first-order valence-corrected chi connectivity index (χ1v) is 13.9. The molecule has 0 N–H and O–H groups in total. The third-order valence-corrected chi connectivity index (χ3v) is 10.4. The zero-order valence-electron chi connectivity index (χ0n) is 21.7. The SMILES string of the molecule is CC12c3c4ccc5c3C(CC=C5)c3ccccc3C1C=C(C1C=CC=CC1)CC2(C)N4c1ccccc1. The van der Waals surface area contributed by atoms with Gasteiger partial charge in [0.2, 0.25) is 0 Å². The van der Waals surface area contributed by atoms with Crippen molar-refractivity contribution in [3.63, 3.8) is 0 Å². The highest BCUT2D eigenvalue weighted by molar-refractivity contribution is 5.84. The standard InChI is InChI=1S/C36H33N/c1-35-23-26(24-12-5-3-6-13-24)22-31-29-18-10-9-17-28(29)30-19-11-14-25-20-21-32(34(33(25)30)36(31,35)2)37(35)27-15-7-4-8-16-27/h3-12,14-18,20-22,24,30-31H,13,19,23H2,1-2H3. The number of nitrogens with zero attached hydrogens (tertiary/aromatic N) is 1. The van der Waals surface area contributed by atoms with Crippen molar-refractivity contribution in [2.45, 2.75) is 55.9 Å². The molecule has 5 atom stereocenters. The van der Waals surface area contributed by atoms with Gasteiger partial charge in [-0.1, -0.05) is 104 Å². The van der Waals surface area contributed by atoms with Crippen molar-refractivity contribution in [3.8, 4) is 0 Å². The Bertz CT molecular complexity index is 1550. The van der Waals surface area contributed by atoms with Crippen molar-refractivity contribution in [1.29, 1.82) is 0 Å². The maximum Gasteiger partial charge on any atom is 0.0564 e. The molecule has 3 aromatic rings. The summed E-state index contributed by atoms with van der Waals surface area (Å²) < 4.78 is 0. The third kappa shape index (κ3) is 2.65. The fourth-order valence-electron chi connectivity index (χ4n) is 8.59. The van der Waals surface area contributed by atoms with Gasteiger partial charge in [-0.2, -0.15) is 0 Å². The van der Waals surface area contributed by atoms with Gasteiger partial charge >= 0.3 is 0 Å². The predicted molar refractivity (Wildman–Crippen MR) is 155 cm³/mol. The first-order valence-electron chi connectivity index (χ1n) is 13.9. The van der Waals surface area contributed by atoms with Crippen molar-refractivity contribution in [2.24, 2.45) is 5.92 Å². The van der Waals surface area contributed by atoms with Crippen LogP contribution in [0.25, 0.3) is 6.08 Å². The minimum absolute atomic E-state index is 0.0444. The van der Waals surface area contributed by atoms with Gasteiger partial charge in [0.25, 0.3) is 0 Å². The summed E-state index contributed by atoms with van der Waals surface area (Å²) in [4.78, 5) is 2.73. The van der Waals surface area contributed by atoms with Crippen molar-refractivity contribution >= 4 is 17.5 Å². The van der Waals surface area contributed by atoms with E-state index in [4.69, 9.17) is 0 Å². The van der Waals surface area contributed by atoms with Gasteiger partial charge in [0.05, 0.1) is 5.54 Å². The highest BCUT2D eigenvalue weighted by atomic mass is 15.3. The number of rotatable bonds is 2. The lowest BCUT2D eigenvalue weighted by molar-refractivity contribution is 0.230. The fraction of sp³-hybridized carbons (Fsp3) is 0.278. The highest BCUT2D eigenvalue weighted by Gasteiger charge is 2.64. The number of hydrogen-bond donors (Lipinski definition) is 0. The van der Waals surface area contributed by atoms with E-state index < -0.39 is 0 Å². The van der Waals surface area contributed by atoms with Gasteiger partial charge in [-0.05, 0) is 72.2 Å². The lowest BCUT2D eigenvalue weighted by Crippen LogP contribution is -2.57. The van der Waals surface area contributed by atoms with Crippen molar-refractivity contribution in [3.05, 3.63) is 137 Å². The van der Waals surface area contributed by atoms with Gasteiger partial charge in [-0.25, -0.2) is 0 Å². The Hall–Kier alpha value is -3.58. The molecule has 4 aliphatic carbocycles. The van der Waals surface area contributed by atoms with Crippen LogP contribution in [0.1, 0.15) is 72.8 Å². The molecule has 37 heavy (non-hydrogen) atoms. The Morgan fingerprint density at radius 2 is 1.62 bits per heavy atom. The number of fused-ring (bicyclic) bond motifs is 3. The first-order chi connectivity index (χ1) is 18.1. The van der Waals surface area contributed by atoms with Gasteiger partial charge in [-0.3, -0.25) is 0 Å². The summed E-state index contributed by atoms with van der Waals surface area (Å²) in [7, 11) is 0. The van der Waals surface area contributed by atoms with Crippen LogP contribution in [0.15, 0.2) is 109 Å². The molecule has 0 saturated carbocycles. The molecule has 182 valence electrons. The van der Waals surface area contributed by atoms with E-state index in [1.165, 1.54) is 28.1 Å². The van der Waals surface area contributed by atoms with E-state index in [0.29, 0.717) is 17.8 Å². The molecule has 1 heterocycles. The largest absolute Gasteiger partial charge is 0.334 e. The smallest absolute Gasteiger partial charge is 0.0564 e. The van der Waals surface area contributed by atoms with Crippen LogP contribution < -0.4 is 4.90 Å². The number of anilines is 2. The molecule has 0 aromatic heterocycles. The van der Waals surface area contributed by atoms with Gasteiger partial charge in [-0.15, -0.1) is 0 Å². The summed E-state index contributed by atoms with van der Waals surface area (Å²) in [6, 6.07) is 25.4. The van der Waals surface area contributed by atoms with Crippen molar-refractivity contribution in [1.82, 2.24) is 0 Å². The second-order valence-corrected chi connectivity index (χ2v) is 12.0. The molecule has 0 saturated heterocycles. The predicted octanol–water partition coefficient (Wildman–Crippen LogP) is 8.96. The number of allylic oxidation sites excluding steroid dienone is 6. The second-order valence-electron chi connectivity index (χ2n) is 12.0. The van der Waals surface area contributed by atoms with Crippen molar-refractivity contribution in [2.75, 3.05) is 4.90 Å². The molecule has 0 amide bonds. The highest BCUT2D eigenvalue weighted by Crippen LogP contribution is 2.69. The van der Waals surface area contributed by atoms with Gasteiger partial charge < -0.3 is 4.90 Å². The lowest BCUT2D eigenvalue weighted by atomic mass is 9.54. The molecule has 0 fully saturated rings. The van der Waals surface area contributed by atoms with Crippen LogP contribution in [-0.2, 0) is 5.41 Å². The average Bonchev–Trinajstić information content (AvgIpc) is 3.10. The summed E-state index contributed by atoms with van der Waals surface area (Å²) in [5.41, 5.74) is 11.9. The van der Waals surface area contributed by atoms with Crippen LogP contribution in [0.2, 0.25) is 0 Å². The van der Waals surface area contributed by atoms with E-state index in [0.717, 1.165) is 19.3 Å². The molecule has 3 aromatic carbocycles. The van der Waals surface area contributed by atoms with E-state index in [9.17, 15) is 0 Å². The van der Waals surface area contributed by atoms with Crippen LogP contribution in [-0.4, -0.2) is 5.54 Å². The summed E-state index contributed by atoms with van der Waals surface area (Å²) in [6.45, 7) is 5.16. The van der Waals surface area contributed by atoms with Gasteiger partial charge in [0, 0.05) is 34.5 Å².